The molecule has 4 rings (SSSR count). The normalized spacial score (nSPS) is 12.5. The molecule has 0 fully saturated rings. The van der Waals surface area contributed by atoms with Crippen molar-refractivity contribution in [3.63, 3.8) is 0 Å². The minimum absolute atomic E-state index is 0.195. The number of nitrogens with one attached hydrogen (secondary N) is 2. The molecule has 0 radical (unpaired) electrons. The highest BCUT2D eigenvalue weighted by Crippen LogP contribution is 2.26. The molecule has 0 unspecified atom stereocenters. The molecule has 8 nitrogen and oxygen atoms in total. The van der Waals surface area contributed by atoms with E-state index < -0.39 is 15.6 Å². The third kappa shape index (κ3) is 6.97. The van der Waals surface area contributed by atoms with Gasteiger partial charge in [-0.05, 0) is 67.4 Å². The summed E-state index contributed by atoms with van der Waals surface area (Å²) in [6.07, 6.45) is 8.88. The zero-order valence-corrected chi connectivity index (χ0v) is 21.6. The fraction of sp³-hybridized carbons (Fsp3) is 0.240. The topological polar surface area (TPSA) is 111 Å². The molecule has 2 N–H and O–H groups in total. The van der Waals surface area contributed by atoms with E-state index in [1.807, 2.05) is 24.3 Å². The van der Waals surface area contributed by atoms with Gasteiger partial charge in [0.15, 0.2) is 15.8 Å². The monoisotopic (exact) mass is 565 g/mol. The van der Waals surface area contributed by atoms with Crippen molar-refractivity contribution in [2.45, 2.75) is 31.3 Å². The first-order valence-corrected chi connectivity index (χ1v) is 12.9. The number of aromatic nitrogens is 1. The van der Waals surface area contributed by atoms with E-state index in [0.717, 1.165) is 35.9 Å². The number of terminal acetylenes is 1. The molecule has 1 heterocycles. The average Bonchev–Trinajstić information content (AvgIpc) is 3.31. The Morgan fingerprint density at radius 1 is 1.16 bits per heavy atom. The second kappa shape index (κ2) is 11.8. The summed E-state index contributed by atoms with van der Waals surface area (Å²) in [5.41, 5.74) is 0.0701. The van der Waals surface area contributed by atoms with Crippen molar-refractivity contribution >= 4 is 55.7 Å². The van der Waals surface area contributed by atoms with Crippen molar-refractivity contribution in [2.24, 2.45) is 0 Å². The Labute approximate surface area is 222 Å². The summed E-state index contributed by atoms with van der Waals surface area (Å²) >= 11 is 5.01. The third-order valence-electron chi connectivity index (χ3n) is 5.55. The van der Waals surface area contributed by atoms with E-state index in [1.165, 1.54) is 18.4 Å². The van der Waals surface area contributed by atoms with Gasteiger partial charge in [-0.1, -0.05) is 6.07 Å². The molecule has 13 heteroatoms. The smallest absolute Gasteiger partial charge is 0.485 e. The molecular formula is C25H22F3N3O5S2. The van der Waals surface area contributed by atoms with Gasteiger partial charge in [0.2, 0.25) is 12.1 Å². The minimum atomic E-state index is -6.09. The molecule has 0 saturated heterocycles. The Hall–Kier alpha value is -3.73. The molecule has 0 saturated carbocycles. The molecular weight excluding hydrogens is 543 g/mol. The number of thiocarbonyl (C=S) groups is 1. The Morgan fingerprint density at radius 3 is 2.47 bits per heavy atom. The number of alkyl halides is 3. The fourth-order valence-electron chi connectivity index (χ4n) is 3.92. The number of hydrogen-bond donors (Lipinski definition) is 2. The number of amides is 1. The van der Waals surface area contributed by atoms with E-state index in [9.17, 15) is 18.0 Å². The number of aryl methyl sites for hydroxylation is 1. The number of methoxy groups -OCH3 is 1. The first-order chi connectivity index (χ1) is 17.8. The van der Waals surface area contributed by atoms with E-state index in [0.29, 0.717) is 17.8 Å². The van der Waals surface area contributed by atoms with E-state index in [1.54, 1.807) is 18.2 Å². The van der Waals surface area contributed by atoms with Gasteiger partial charge < -0.3 is 19.9 Å². The summed E-state index contributed by atoms with van der Waals surface area (Å²) in [6.45, 7) is 0.550. The van der Waals surface area contributed by atoms with Crippen LogP contribution in [0.2, 0.25) is 0 Å². The molecule has 0 atom stereocenters. The second-order valence-electron chi connectivity index (χ2n) is 8.09. The van der Waals surface area contributed by atoms with Gasteiger partial charge in [-0.3, -0.25) is 4.79 Å². The molecule has 1 amide bonds. The predicted octanol–water partition coefficient (Wildman–Crippen LogP) is 3.90. The minimum Gasteiger partial charge on any atom is -0.741 e. The summed E-state index contributed by atoms with van der Waals surface area (Å²) in [5.74, 6) is 2.57. The van der Waals surface area contributed by atoms with Crippen molar-refractivity contribution in [3.05, 3.63) is 65.4 Å². The lowest BCUT2D eigenvalue weighted by molar-refractivity contribution is -0.666. The van der Waals surface area contributed by atoms with Crippen LogP contribution in [-0.2, 0) is 34.2 Å². The van der Waals surface area contributed by atoms with E-state index in [4.69, 9.17) is 36.3 Å². The molecule has 1 aromatic heterocycles. The fourth-order valence-corrected chi connectivity index (χ4v) is 4.04. The van der Waals surface area contributed by atoms with Gasteiger partial charge in [0, 0.05) is 40.4 Å². The first-order valence-electron chi connectivity index (χ1n) is 11.0. The van der Waals surface area contributed by atoms with Crippen LogP contribution in [0.4, 0.5) is 24.5 Å². The number of fused-ring (bicyclic) bond motifs is 2. The largest absolute Gasteiger partial charge is 0.741 e. The number of carbonyl (C=O) groups excluding carboxylic acids is 1. The van der Waals surface area contributed by atoms with Gasteiger partial charge in [-0.25, -0.2) is 8.42 Å². The number of nitrogens with zero attached hydrogens (tertiary/aromatic N) is 1. The number of rotatable bonds is 4. The lowest BCUT2D eigenvalue weighted by Gasteiger charge is -2.10. The Bertz CT molecular complexity index is 1530. The van der Waals surface area contributed by atoms with Crippen molar-refractivity contribution in [2.75, 3.05) is 17.7 Å². The SMILES string of the molecule is C#CC[n+]1c2c(cc3cc(NC(=O)c4cccc(NC(=S)OC)c4)ccc31)CCC2.O=S(=O)([O-])C(F)(F)F. The van der Waals surface area contributed by atoms with Crippen LogP contribution in [0.25, 0.3) is 10.9 Å². The maximum Gasteiger partial charge on any atom is 0.485 e. The van der Waals surface area contributed by atoms with Crippen LogP contribution in [0, 0.1) is 12.3 Å². The number of benzene rings is 2. The van der Waals surface area contributed by atoms with Crippen LogP contribution in [0.5, 0.6) is 0 Å². The highest BCUT2D eigenvalue weighted by molar-refractivity contribution is 7.86. The van der Waals surface area contributed by atoms with Gasteiger partial charge in [-0.2, -0.15) is 17.7 Å². The van der Waals surface area contributed by atoms with Crippen LogP contribution < -0.4 is 15.2 Å². The van der Waals surface area contributed by atoms with Crippen LogP contribution >= 0.6 is 12.2 Å². The van der Waals surface area contributed by atoms with Crippen molar-refractivity contribution < 1.29 is 40.2 Å². The molecule has 2 aromatic carbocycles. The summed E-state index contributed by atoms with van der Waals surface area (Å²) in [7, 11) is -4.60. The molecule has 1 aliphatic carbocycles. The molecule has 0 aliphatic heterocycles. The lowest BCUT2D eigenvalue weighted by Crippen LogP contribution is -2.38. The highest BCUT2D eigenvalue weighted by Gasteiger charge is 2.37. The van der Waals surface area contributed by atoms with Crippen molar-refractivity contribution in [3.8, 4) is 12.3 Å². The van der Waals surface area contributed by atoms with Crippen molar-refractivity contribution in [1.29, 1.82) is 0 Å². The van der Waals surface area contributed by atoms with Crippen LogP contribution in [0.15, 0.2) is 48.5 Å². The maximum absolute atomic E-state index is 12.8. The van der Waals surface area contributed by atoms with Gasteiger partial charge in [-0.15, -0.1) is 6.42 Å². The summed E-state index contributed by atoms with van der Waals surface area (Å²) in [4.78, 5) is 12.8. The maximum atomic E-state index is 12.8. The molecule has 38 heavy (non-hydrogen) atoms. The molecule has 1 aliphatic rings. The molecule has 0 spiro atoms. The van der Waals surface area contributed by atoms with E-state index in [-0.39, 0.29) is 11.1 Å². The van der Waals surface area contributed by atoms with Crippen LogP contribution in [0.3, 0.4) is 0 Å². The Balaban J connectivity index is 0.000000436. The lowest BCUT2D eigenvalue weighted by atomic mass is 10.1. The molecule has 3 aromatic rings. The Kier molecular flexibility index (Phi) is 8.93. The summed E-state index contributed by atoms with van der Waals surface area (Å²) in [6, 6.07) is 15.3. The number of carbonyl (C=O) groups is 1. The van der Waals surface area contributed by atoms with Gasteiger partial charge in [0.05, 0.1) is 7.11 Å². The number of pyridine rings is 1. The number of halogens is 3. The third-order valence-corrected chi connectivity index (χ3v) is 6.39. The van der Waals surface area contributed by atoms with Gasteiger partial charge in [0.1, 0.15) is 0 Å². The van der Waals surface area contributed by atoms with Crippen LogP contribution in [-0.4, -0.2) is 36.7 Å². The quantitative estimate of drug-likeness (QED) is 0.162. The van der Waals surface area contributed by atoms with Gasteiger partial charge in [0.25, 0.3) is 11.1 Å². The number of ether oxygens (including phenoxy) is 1. The van der Waals surface area contributed by atoms with Crippen molar-refractivity contribution in [1.82, 2.24) is 0 Å². The molecule has 0 bridgehead atoms. The number of hydrogen-bond acceptors (Lipinski definition) is 6. The van der Waals surface area contributed by atoms with E-state index in [2.05, 4.69) is 27.2 Å². The number of anilines is 2. The summed E-state index contributed by atoms with van der Waals surface area (Å²) in [5, 5.41) is 7.23. The second-order valence-corrected chi connectivity index (χ2v) is 9.83. The standard InChI is InChI=1S/C24H21N3O2S.CHF3O3S/c1-3-12-27-21-9-5-6-16(21)13-18-15-20(10-11-22(18)27)25-23(28)17-7-4-8-19(14-17)26-24(30)29-2;2-1(3,4)8(5,6)7/h1,4,7-8,10-11,13-15H,5-6,9,12H2,2H3,(H-,25,26,28,30);(H,5,6,7). The summed E-state index contributed by atoms with van der Waals surface area (Å²) < 4.78 is 66.1. The molecule has 200 valence electrons. The predicted molar refractivity (Wildman–Crippen MR) is 138 cm³/mol. The average molecular weight is 566 g/mol. The highest BCUT2D eigenvalue weighted by atomic mass is 32.2. The zero-order valence-electron chi connectivity index (χ0n) is 20.0. The van der Waals surface area contributed by atoms with E-state index >= 15 is 0 Å². The zero-order chi connectivity index (χ0) is 28.1. The first kappa shape index (κ1) is 28.8. The van der Waals surface area contributed by atoms with Gasteiger partial charge >= 0.3 is 5.51 Å². The Morgan fingerprint density at radius 2 is 1.84 bits per heavy atom. The van der Waals surface area contributed by atoms with Crippen LogP contribution in [0.1, 0.15) is 28.0 Å².